The van der Waals surface area contributed by atoms with E-state index in [1.807, 2.05) is 26.1 Å². The van der Waals surface area contributed by atoms with Gasteiger partial charge in [-0.1, -0.05) is 23.0 Å². The molecule has 0 saturated heterocycles. The van der Waals surface area contributed by atoms with Crippen molar-refractivity contribution in [2.75, 3.05) is 0 Å². The van der Waals surface area contributed by atoms with Gasteiger partial charge in [0.1, 0.15) is 0 Å². The lowest BCUT2D eigenvalue weighted by molar-refractivity contribution is 0.801. The fourth-order valence-electron chi connectivity index (χ4n) is 0.707. The van der Waals surface area contributed by atoms with Crippen LogP contribution in [0.2, 0.25) is 0 Å². The summed E-state index contributed by atoms with van der Waals surface area (Å²) in [6.07, 6.45) is 3.85. The summed E-state index contributed by atoms with van der Waals surface area (Å²) in [5.41, 5.74) is 1.24. The predicted octanol–water partition coefficient (Wildman–Crippen LogP) is 1.88. The average Bonchev–Trinajstić information content (AvgIpc) is 2.31. The van der Waals surface area contributed by atoms with Gasteiger partial charge in [-0.25, -0.2) is 0 Å². The Morgan fingerprint density at radius 1 is 1.73 bits per heavy atom. The molecule has 1 heterocycles. The molecule has 0 fully saturated rings. The highest BCUT2D eigenvalue weighted by molar-refractivity contribution is 7.07. The van der Waals surface area contributed by atoms with Crippen molar-refractivity contribution in [1.82, 2.24) is 4.57 Å². The van der Waals surface area contributed by atoms with Gasteiger partial charge in [0.25, 0.3) is 0 Å². The summed E-state index contributed by atoms with van der Waals surface area (Å²) in [4.78, 5) is 11.1. The monoisotopic (exact) mass is 169 g/mol. The van der Waals surface area contributed by atoms with E-state index in [2.05, 4.69) is 0 Å². The van der Waals surface area contributed by atoms with Gasteiger partial charge in [0.05, 0.1) is 0 Å². The van der Waals surface area contributed by atoms with Gasteiger partial charge in [0.2, 0.25) is 0 Å². The topological polar surface area (TPSA) is 22.0 Å². The van der Waals surface area contributed by atoms with Crippen molar-refractivity contribution in [1.29, 1.82) is 0 Å². The lowest BCUT2D eigenvalue weighted by Crippen LogP contribution is -2.10. The quantitative estimate of drug-likeness (QED) is 0.619. The first-order valence-electron chi connectivity index (χ1n) is 3.47. The third kappa shape index (κ3) is 2.35. The Kier molecular flexibility index (Phi) is 2.65. The molecule has 1 aromatic heterocycles. The number of hydrogen-bond donors (Lipinski definition) is 0. The molecular weight excluding hydrogens is 158 g/mol. The molecule has 0 unspecified atom stereocenters. The van der Waals surface area contributed by atoms with Crippen LogP contribution in [0.1, 0.15) is 13.8 Å². The number of thiazole rings is 1. The van der Waals surface area contributed by atoms with E-state index in [1.54, 1.807) is 9.95 Å². The summed E-state index contributed by atoms with van der Waals surface area (Å²) in [7, 11) is 0. The minimum absolute atomic E-state index is 0.113. The summed E-state index contributed by atoms with van der Waals surface area (Å²) in [5.74, 6) is 0. The van der Waals surface area contributed by atoms with Crippen LogP contribution in [-0.4, -0.2) is 4.57 Å². The van der Waals surface area contributed by atoms with Gasteiger partial charge >= 0.3 is 4.87 Å². The van der Waals surface area contributed by atoms with Crippen LogP contribution in [0.3, 0.4) is 0 Å². The maximum absolute atomic E-state index is 11.0. The molecule has 0 saturated carbocycles. The van der Waals surface area contributed by atoms with E-state index in [4.69, 9.17) is 0 Å². The van der Waals surface area contributed by atoms with Crippen LogP contribution in [-0.2, 0) is 6.54 Å². The van der Waals surface area contributed by atoms with E-state index < -0.39 is 0 Å². The maximum atomic E-state index is 11.0. The summed E-state index contributed by atoms with van der Waals surface area (Å²) < 4.78 is 1.69. The maximum Gasteiger partial charge on any atom is 0.307 e. The molecule has 11 heavy (non-hydrogen) atoms. The van der Waals surface area contributed by atoms with E-state index in [-0.39, 0.29) is 4.87 Å². The highest BCUT2D eigenvalue weighted by Crippen LogP contribution is 1.93. The first kappa shape index (κ1) is 8.27. The van der Waals surface area contributed by atoms with Crippen molar-refractivity contribution in [2.24, 2.45) is 0 Å². The van der Waals surface area contributed by atoms with Gasteiger partial charge in [-0.15, -0.1) is 0 Å². The number of aromatic nitrogens is 1. The Bertz CT molecular complexity index is 304. The molecule has 0 bridgehead atoms. The van der Waals surface area contributed by atoms with Crippen LogP contribution >= 0.6 is 11.3 Å². The molecule has 0 aromatic carbocycles. The fourth-order valence-corrected chi connectivity index (χ4v) is 1.30. The second kappa shape index (κ2) is 3.53. The largest absolute Gasteiger partial charge is 0.307 e. The number of allylic oxidation sites excluding steroid dienone is 2. The van der Waals surface area contributed by atoms with Crippen LogP contribution in [0.25, 0.3) is 0 Å². The Balaban J connectivity index is 2.73. The highest BCUT2D eigenvalue weighted by Gasteiger charge is 1.91. The average molecular weight is 169 g/mol. The molecule has 0 aliphatic rings. The predicted molar refractivity (Wildman–Crippen MR) is 48.0 cm³/mol. The van der Waals surface area contributed by atoms with E-state index in [0.29, 0.717) is 6.54 Å². The summed E-state index contributed by atoms with van der Waals surface area (Å²) >= 11 is 1.23. The van der Waals surface area contributed by atoms with Crippen molar-refractivity contribution in [3.05, 3.63) is 32.9 Å². The molecule has 0 aliphatic carbocycles. The number of hydrogen-bond acceptors (Lipinski definition) is 2. The van der Waals surface area contributed by atoms with Crippen LogP contribution in [0.5, 0.6) is 0 Å². The van der Waals surface area contributed by atoms with Gasteiger partial charge < -0.3 is 4.57 Å². The Morgan fingerprint density at radius 2 is 2.45 bits per heavy atom. The Labute approximate surface area is 69.8 Å². The zero-order valence-electron chi connectivity index (χ0n) is 6.70. The fraction of sp³-hybridized carbons (Fsp3) is 0.375. The molecule has 0 spiro atoms. The first-order chi connectivity index (χ1) is 5.20. The van der Waals surface area contributed by atoms with Crippen LogP contribution in [0.15, 0.2) is 28.0 Å². The van der Waals surface area contributed by atoms with Gasteiger partial charge in [0, 0.05) is 18.1 Å². The second-order valence-corrected chi connectivity index (χ2v) is 3.46. The minimum Gasteiger partial charge on any atom is -0.302 e. The second-order valence-electron chi connectivity index (χ2n) is 2.60. The molecule has 0 N–H and O–H groups in total. The normalized spacial score (nSPS) is 9.64. The van der Waals surface area contributed by atoms with Crippen LogP contribution in [0, 0.1) is 0 Å². The van der Waals surface area contributed by atoms with Crippen molar-refractivity contribution in [3.8, 4) is 0 Å². The SMILES string of the molecule is CC(C)=CCn1ccsc1=O. The molecule has 3 heteroatoms. The summed E-state index contributed by atoms with van der Waals surface area (Å²) in [5, 5.41) is 1.81. The minimum atomic E-state index is 0.113. The van der Waals surface area contributed by atoms with Gasteiger partial charge in [-0.05, 0) is 13.8 Å². The molecular formula is C8H11NOS. The molecule has 1 rings (SSSR count). The van der Waals surface area contributed by atoms with Gasteiger partial charge in [-0.2, -0.15) is 0 Å². The zero-order valence-corrected chi connectivity index (χ0v) is 7.52. The molecule has 0 atom stereocenters. The number of rotatable bonds is 2. The van der Waals surface area contributed by atoms with Gasteiger partial charge in [0.15, 0.2) is 0 Å². The van der Waals surface area contributed by atoms with E-state index in [0.717, 1.165) is 0 Å². The smallest absolute Gasteiger partial charge is 0.302 e. The molecule has 1 aromatic rings. The molecule has 0 amide bonds. The van der Waals surface area contributed by atoms with Crippen molar-refractivity contribution < 1.29 is 0 Å². The standard InChI is InChI=1S/C8H11NOS/c1-7(2)3-4-9-5-6-11-8(9)10/h3,5-6H,4H2,1-2H3. The lowest BCUT2D eigenvalue weighted by Gasteiger charge is -1.93. The summed E-state index contributed by atoms with van der Waals surface area (Å²) in [6.45, 7) is 4.75. The lowest BCUT2D eigenvalue weighted by atomic mass is 10.3. The molecule has 0 aliphatic heterocycles. The Hall–Kier alpha value is -0.830. The van der Waals surface area contributed by atoms with E-state index in [9.17, 15) is 4.79 Å². The third-order valence-corrected chi connectivity index (χ3v) is 2.03. The molecule has 2 nitrogen and oxygen atoms in total. The number of nitrogens with zero attached hydrogens (tertiary/aromatic N) is 1. The Morgan fingerprint density at radius 3 is 2.91 bits per heavy atom. The summed E-state index contributed by atoms with van der Waals surface area (Å²) in [6, 6.07) is 0. The van der Waals surface area contributed by atoms with Crippen molar-refractivity contribution in [2.45, 2.75) is 20.4 Å². The first-order valence-corrected chi connectivity index (χ1v) is 4.35. The van der Waals surface area contributed by atoms with Crippen LogP contribution < -0.4 is 4.87 Å². The van der Waals surface area contributed by atoms with Crippen LogP contribution in [0.4, 0.5) is 0 Å². The van der Waals surface area contributed by atoms with Gasteiger partial charge in [-0.3, -0.25) is 4.79 Å². The molecule has 60 valence electrons. The van der Waals surface area contributed by atoms with Crippen molar-refractivity contribution >= 4 is 11.3 Å². The van der Waals surface area contributed by atoms with E-state index in [1.165, 1.54) is 16.9 Å². The van der Waals surface area contributed by atoms with E-state index >= 15 is 0 Å². The molecule has 0 radical (unpaired) electrons. The highest BCUT2D eigenvalue weighted by atomic mass is 32.1. The zero-order chi connectivity index (χ0) is 8.27. The van der Waals surface area contributed by atoms with Crippen molar-refractivity contribution in [3.63, 3.8) is 0 Å². The third-order valence-electron chi connectivity index (χ3n) is 1.34.